The van der Waals surface area contributed by atoms with E-state index in [1.54, 1.807) is 24.3 Å². The number of hydrogen-bond donors (Lipinski definition) is 0. The van der Waals surface area contributed by atoms with Gasteiger partial charge in [-0.25, -0.2) is 0 Å². The smallest absolute Gasteiger partial charge is 0.284 e. The summed E-state index contributed by atoms with van der Waals surface area (Å²) in [4.78, 5) is 1.50. The highest BCUT2D eigenvalue weighted by Gasteiger charge is 2.42. The Morgan fingerprint density at radius 1 is 0.917 bits per heavy atom. The number of hydrogen-bond acceptors (Lipinski definition) is 1. The van der Waals surface area contributed by atoms with Crippen molar-refractivity contribution in [1.82, 2.24) is 4.90 Å². The van der Waals surface area contributed by atoms with Crippen LogP contribution >= 0.6 is 34.2 Å². The van der Waals surface area contributed by atoms with Crippen molar-refractivity contribution in [3.05, 3.63) is 70.7 Å². The first-order valence-electron chi connectivity index (χ1n) is 7.55. The largest absolute Gasteiger partial charge is 0.404 e. The molecule has 0 amide bonds. The van der Waals surface area contributed by atoms with E-state index < -0.39 is 12.2 Å². The molecule has 0 spiro atoms. The topological polar surface area (TPSA) is 3.24 Å². The summed E-state index contributed by atoms with van der Waals surface area (Å²) in [6.07, 6.45) is -4.18. The lowest BCUT2D eigenvalue weighted by Crippen LogP contribution is -2.45. The third-order valence-electron chi connectivity index (χ3n) is 3.73. The van der Waals surface area contributed by atoms with Crippen LogP contribution in [0.15, 0.2) is 54.6 Å². The fourth-order valence-electron chi connectivity index (χ4n) is 2.58. The quantitative estimate of drug-likeness (QED) is 0.351. The Morgan fingerprint density at radius 3 is 1.96 bits per heavy atom. The number of alkyl halides is 4. The first kappa shape index (κ1) is 19.5. The number of nitrogens with zero attached hydrogens (tertiary/aromatic N) is 1. The van der Waals surface area contributed by atoms with Crippen molar-refractivity contribution in [3.63, 3.8) is 0 Å². The molecule has 0 aliphatic carbocycles. The SMILES string of the molecule is FC(F)(F)C(CCI)N(Cc1ccccc1)Cc1ccc(Cl)cc1. The van der Waals surface area contributed by atoms with E-state index in [1.807, 2.05) is 52.9 Å². The Balaban J connectivity index is 2.26. The molecular formula is C18H18ClF3IN. The molecule has 0 saturated heterocycles. The fourth-order valence-corrected chi connectivity index (χ4v) is 3.29. The van der Waals surface area contributed by atoms with Crippen molar-refractivity contribution in [1.29, 1.82) is 0 Å². The van der Waals surface area contributed by atoms with E-state index in [-0.39, 0.29) is 19.5 Å². The summed E-state index contributed by atoms with van der Waals surface area (Å²) < 4.78 is 41.1. The predicted octanol–water partition coefficient (Wildman–Crippen LogP) is 6.10. The van der Waals surface area contributed by atoms with Gasteiger partial charge >= 0.3 is 6.18 Å². The summed E-state index contributed by atoms with van der Waals surface area (Å²) in [5, 5.41) is 0.577. The third kappa shape index (κ3) is 5.93. The average molecular weight is 468 g/mol. The van der Waals surface area contributed by atoms with Gasteiger partial charge in [-0.05, 0) is 29.7 Å². The van der Waals surface area contributed by atoms with Crippen molar-refractivity contribution in [2.45, 2.75) is 31.7 Å². The summed E-state index contributed by atoms with van der Waals surface area (Å²) in [6, 6.07) is 14.8. The Morgan fingerprint density at radius 2 is 1.46 bits per heavy atom. The summed E-state index contributed by atoms with van der Waals surface area (Å²) >= 11 is 7.87. The van der Waals surface area contributed by atoms with Crippen LogP contribution in [0.4, 0.5) is 13.2 Å². The van der Waals surface area contributed by atoms with Crippen LogP contribution in [0.3, 0.4) is 0 Å². The summed E-state index contributed by atoms with van der Waals surface area (Å²) in [6.45, 7) is 0.483. The zero-order valence-electron chi connectivity index (χ0n) is 12.9. The summed E-state index contributed by atoms with van der Waals surface area (Å²) in [7, 11) is 0. The van der Waals surface area contributed by atoms with Crippen LogP contribution in [0.25, 0.3) is 0 Å². The molecule has 0 bridgehead atoms. The number of rotatable bonds is 7. The Kier molecular flexibility index (Phi) is 7.37. The van der Waals surface area contributed by atoms with Crippen LogP contribution in [0.5, 0.6) is 0 Å². The Bertz CT molecular complexity index is 616. The lowest BCUT2D eigenvalue weighted by molar-refractivity contribution is -0.187. The van der Waals surface area contributed by atoms with Gasteiger partial charge in [-0.2, -0.15) is 13.2 Å². The molecule has 6 heteroatoms. The van der Waals surface area contributed by atoms with Gasteiger partial charge in [-0.3, -0.25) is 4.90 Å². The second-order valence-corrected chi connectivity index (χ2v) is 7.07. The predicted molar refractivity (Wildman–Crippen MR) is 100 cm³/mol. The van der Waals surface area contributed by atoms with Gasteiger partial charge in [-0.15, -0.1) is 0 Å². The van der Waals surface area contributed by atoms with Gasteiger partial charge in [0.15, 0.2) is 0 Å². The molecule has 130 valence electrons. The Hall–Kier alpha value is -0.790. The number of benzene rings is 2. The first-order chi connectivity index (χ1) is 11.4. The normalized spacial score (nSPS) is 13.2. The van der Waals surface area contributed by atoms with Crippen LogP contribution < -0.4 is 0 Å². The third-order valence-corrected chi connectivity index (χ3v) is 4.60. The molecule has 0 radical (unpaired) electrons. The van der Waals surface area contributed by atoms with Crippen molar-refractivity contribution in [3.8, 4) is 0 Å². The van der Waals surface area contributed by atoms with E-state index in [2.05, 4.69) is 0 Å². The monoisotopic (exact) mass is 467 g/mol. The van der Waals surface area contributed by atoms with Crippen LogP contribution in [0, 0.1) is 0 Å². The minimum Gasteiger partial charge on any atom is -0.284 e. The molecule has 0 fully saturated rings. The zero-order chi connectivity index (χ0) is 17.6. The molecule has 0 N–H and O–H groups in total. The molecule has 0 aliphatic rings. The molecule has 24 heavy (non-hydrogen) atoms. The second kappa shape index (κ2) is 9.06. The van der Waals surface area contributed by atoms with Gasteiger partial charge in [0.25, 0.3) is 0 Å². The van der Waals surface area contributed by atoms with Gasteiger partial charge < -0.3 is 0 Å². The summed E-state index contributed by atoms with van der Waals surface area (Å²) in [5.41, 5.74) is 1.69. The van der Waals surface area contributed by atoms with Gasteiger partial charge in [0.1, 0.15) is 6.04 Å². The minimum absolute atomic E-state index is 0.0739. The Labute approximate surface area is 158 Å². The van der Waals surface area contributed by atoms with Crippen molar-refractivity contribution in [2.75, 3.05) is 4.43 Å². The molecule has 2 aromatic carbocycles. The molecule has 1 unspecified atom stereocenters. The van der Waals surface area contributed by atoms with Gasteiger partial charge in [0, 0.05) is 22.5 Å². The van der Waals surface area contributed by atoms with E-state index in [4.69, 9.17) is 11.6 Å². The van der Waals surface area contributed by atoms with Crippen molar-refractivity contribution < 1.29 is 13.2 Å². The van der Waals surface area contributed by atoms with E-state index in [0.717, 1.165) is 11.1 Å². The lowest BCUT2D eigenvalue weighted by Gasteiger charge is -2.33. The summed E-state index contributed by atoms with van der Waals surface area (Å²) in [5.74, 6) is 0. The van der Waals surface area contributed by atoms with Crippen LogP contribution in [-0.4, -0.2) is 21.5 Å². The highest BCUT2D eigenvalue weighted by Crippen LogP contribution is 2.30. The molecule has 2 aromatic rings. The molecule has 1 atom stereocenters. The maximum Gasteiger partial charge on any atom is 0.404 e. The van der Waals surface area contributed by atoms with Gasteiger partial charge in [-0.1, -0.05) is 76.7 Å². The maximum absolute atomic E-state index is 13.6. The lowest BCUT2D eigenvalue weighted by atomic mass is 10.1. The molecule has 1 nitrogen and oxygen atoms in total. The van der Waals surface area contributed by atoms with Crippen molar-refractivity contribution in [2.24, 2.45) is 0 Å². The van der Waals surface area contributed by atoms with Crippen LogP contribution in [-0.2, 0) is 13.1 Å². The molecule has 2 rings (SSSR count). The average Bonchev–Trinajstić information content (AvgIpc) is 2.54. The molecule has 0 aliphatic heterocycles. The standard InChI is InChI=1S/C18H18ClF3IN/c19-16-8-6-15(7-9-16)13-24(12-14-4-2-1-3-5-14)17(10-11-23)18(20,21)22/h1-9,17H,10-13H2. The highest BCUT2D eigenvalue weighted by molar-refractivity contribution is 14.1. The molecule has 0 heterocycles. The molecule has 0 saturated carbocycles. The highest BCUT2D eigenvalue weighted by atomic mass is 127. The van der Waals surface area contributed by atoms with E-state index >= 15 is 0 Å². The minimum atomic E-state index is -4.26. The molecular weight excluding hydrogens is 450 g/mol. The van der Waals surface area contributed by atoms with E-state index in [1.165, 1.54) is 4.90 Å². The second-order valence-electron chi connectivity index (χ2n) is 5.55. The molecule has 0 aromatic heterocycles. The van der Waals surface area contributed by atoms with Crippen molar-refractivity contribution >= 4 is 34.2 Å². The van der Waals surface area contributed by atoms with E-state index in [9.17, 15) is 13.2 Å². The zero-order valence-corrected chi connectivity index (χ0v) is 15.9. The van der Waals surface area contributed by atoms with Gasteiger partial charge in [0.2, 0.25) is 0 Å². The van der Waals surface area contributed by atoms with Gasteiger partial charge in [0.05, 0.1) is 0 Å². The first-order valence-corrected chi connectivity index (χ1v) is 9.45. The van der Waals surface area contributed by atoms with Crippen LogP contribution in [0.1, 0.15) is 17.5 Å². The fraction of sp³-hybridized carbons (Fsp3) is 0.333. The number of halogens is 5. The maximum atomic E-state index is 13.6. The van der Waals surface area contributed by atoms with E-state index in [0.29, 0.717) is 9.45 Å². The van der Waals surface area contributed by atoms with Crippen LogP contribution in [0.2, 0.25) is 5.02 Å².